The number of carbonyl (C=O) groups excluding carboxylic acids is 1. The maximum absolute atomic E-state index is 12.8. The maximum Gasteiger partial charge on any atom is 0.170 e. The fourth-order valence-electron chi connectivity index (χ4n) is 6.21. The first-order valence-electron chi connectivity index (χ1n) is 18.8. The van der Waals surface area contributed by atoms with Crippen LogP contribution in [0.15, 0.2) is 0 Å². The van der Waals surface area contributed by atoms with Crippen molar-refractivity contribution in [3.8, 4) is 0 Å². The van der Waals surface area contributed by atoms with Crippen molar-refractivity contribution < 1.29 is 20.1 Å². The summed E-state index contributed by atoms with van der Waals surface area (Å²) in [4.78, 5) is 12.8. The Hall–Kier alpha value is -0.490. The Kier molecular flexibility index (Phi) is 31.5. The highest BCUT2D eigenvalue weighted by molar-refractivity contribution is 5.86. The third kappa shape index (κ3) is 26.0. The predicted molar refractivity (Wildman–Crippen MR) is 181 cm³/mol. The van der Waals surface area contributed by atoms with E-state index in [0.29, 0.717) is 12.8 Å². The first-order chi connectivity index (χ1) is 20.5. The number of aliphatic hydroxyl groups is 3. The molecule has 0 amide bonds. The molecule has 5 nitrogen and oxygen atoms in total. The Labute approximate surface area is 262 Å². The van der Waals surface area contributed by atoms with Gasteiger partial charge in [-0.1, -0.05) is 194 Å². The molecule has 0 heterocycles. The van der Waals surface area contributed by atoms with E-state index in [-0.39, 0.29) is 0 Å². The average Bonchev–Trinajstić information content (AvgIpc) is 2.97. The minimum atomic E-state index is -1.44. The molecule has 0 aromatic heterocycles. The van der Waals surface area contributed by atoms with E-state index >= 15 is 0 Å². The number of Topliss-reactive ketones (excluding diaryl/α,β-unsaturated/α-hetero) is 1. The van der Waals surface area contributed by atoms with E-state index in [0.717, 1.165) is 38.5 Å². The average molecular weight is 598 g/mol. The Morgan fingerprint density at radius 2 is 0.714 bits per heavy atom. The molecule has 0 aliphatic heterocycles. The van der Waals surface area contributed by atoms with Gasteiger partial charge in [0, 0.05) is 0 Å². The van der Waals surface area contributed by atoms with Crippen LogP contribution < -0.4 is 5.73 Å². The number of carbonyl (C=O) groups is 1. The summed E-state index contributed by atoms with van der Waals surface area (Å²) in [6.07, 6.45) is 32.6. The van der Waals surface area contributed by atoms with E-state index in [2.05, 4.69) is 13.8 Å². The summed E-state index contributed by atoms with van der Waals surface area (Å²) in [5, 5.41) is 31.0. The van der Waals surface area contributed by atoms with Crippen LogP contribution in [0.4, 0.5) is 0 Å². The summed E-state index contributed by atoms with van der Waals surface area (Å²) >= 11 is 0. The molecular formula is C37H75NO4. The highest BCUT2D eigenvalue weighted by Crippen LogP contribution is 2.21. The topological polar surface area (TPSA) is 104 Å². The summed E-state index contributed by atoms with van der Waals surface area (Å²) in [5.74, 6) is -1.61. The van der Waals surface area contributed by atoms with Gasteiger partial charge in [-0.25, -0.2) is 0 Å². The fourth-order valence-corrected chi connectivity index (χ4v) is 6.21. The van der Waals surface area contributed by atoms with Gasteiger partial charge in [-0.15, -0.1) is 0 Å². The lowest BCUT2D eigenvalue weighted by molar-refractivity contribution is -0.140. The third-order valence-electron chi connectivity index (χ3n) is 9.12. The number of aliphatic hydroxyl groups excluding tert-OH is 3. The van der Waals surface area contributed by atoms with Gasteiger partial charge in [0.25, 0.3) is 0 Å². The molecule has 252 valence electrons. The monoisotopic (exact) mass is 598 g/mol. The smallest absolute Gasteiger partial charge is 0.170 e. The van der Waals surface area contributed by atoms with Crippen LogP contribution in [-0.4, -0.2) is 39.5 Å². The van der Waals surface area contributed by atoms with Crippen LogP contribution in [0, 0.1) is 5.92 Å². The van der Waals surface area contributed by atoms with Crippen molar-refractivity contribution in [1.82, 2.24) is 0 Å². The lowest BCUT2D eigenvalue weighted by Crippen LogP contribution is -2.47. The quantitative estimate of drug-likeness (QED) is 0.0436. The van der Waals surface area contributed by atoms with Crippen molar-refractivity contribution in [1.29, 1.82) is 0 Å². The van der Waals surface area contributed by atoms with E-state index in [9.17, 15) is 20.1 Å². The largest absolute Gasteiger partial charge is 0.392 e. The van der Waals surface area contributed by atoms with Crippen molar-refractivity contribution in [2.24, 2.45) is 11.7 Å². The number of unbranched alkanes of at least 4 members (excludes halogenated alkanes) is 26. The van der Waals surface area contributed by atoms with Gasteiger partial charge in [0.15, 0.2) is 5.78 Å². The molecule has 5 heteroatoms. The second-order valence-electron chi connectivity index (χ2n) is 13.3. The molecule has 0 aliphatic rings. The third-order valence-corrected chi connectivity index (χ3v) is 9.12. The van der Waals surface area contributed by atoms with Crippen LogP contribution in [0.2, 0.25) is 0 Å². The molecule has 0 spiro atoms. The van der Waals surface area contributed by atoms with Gasteiger partial charge < -0.3 is 21.1 Å². The second-order valence-corrected chi connectivity index (χ2v) is 13.3. The van der Waals surface area contributed by atoms with E-state index < -0.39 is 30.1 Å². The highest BCUT2D eigenvalue weighted by Gasteiger charge is 2.34. The van der Waals surface area contributed by atoms with Crippen LogP contribution in [0.1, 0.15) is 206 Å². The first kappa shape index (κ1) is 41.5. The molecule has 0 aliphatic carbocycles. The number of nitrogens with two attached hydrogens (primary N) is 1. The van der Waals surface area contributed by atoms with Crippen molar-refractivity contribution in [2.75, 3.05) is 0 Å². The molecule has 0 fully saturated rings. The highest BCUT2D eigenvalue weighted by atomic mass is 16.3. The SMILES string of the molecule is CCCCCCCCCCCCCCCCCC(O)C(=O)C(C(N)O)C(O)CCCCCCCCCCCCCCC. The number of ketones is 1. The van der Waals surface area contributed by atoms with Crippen LogP contribution in [0.25, 0.3) is 0 Å². The van der Waals surface area contributed by atoms with Crippen molar-refractivity contribution in [3.63, 3.8) is 0 Å². The lowest BCUT2D eigenvalue weighted by atomic mass is 9.87. The summed E-state index contributed by atoms with van der Waals surface area (Å²) < 4.78 is 0. The van der Waals surface area contributed by atoms with Gasteiger partial charge in [0.1, 0.15) is 12.3 Å². The van der Waals surface area contributed by atoms with Crippen LogP contribution >= 0.6 is 0 Å². The number of rotatable bonds is 34. The zero-order chi connectivity index (χ0) is 31.1. The van der Waals surface area contributed by atoms with Gasteiger partial charge in [-0.2, -0.15) is 0 Å². The van der Waals surface area contributed by atoms with Gasteiger partial charge in [0.2, 0.25) is 0 Å². The molecule has 0 bridgehead atoms. The van der Waals surface area contributed by atoms with E-state index in [1.54, 1.807) is 0 Å². The lowest BCUT2D eigenvalue weighted by Gasteiger charge is -2.26. The van der Waals surface area contributed by atoms with Crippen molar-refractivity contribution in [2.45, 2.75) is 225 Å². The molecule has 0 radical (unpaired) electrons. The van der Waals surface area contributed by atoms with Gasteiger partial charge in [0.05, 0.1) is 12.0 Å². The molecular weight excluding hydrogens is 522 g/mol. The normalized spacial score (nSPS) is 14.6. The van der Waals surface area contributed by atoms with E-state index in [1.807, 2.05) is 0 Å². The zero-order valence-corrected chi connectivity index (χ0v) is 28.3. The zero-order valence-electron chi connectivity index (χ0n) is 28.3. The van der Waals surface area contributed by atoms with Gasteiger partial charge >= 0.3 is 0 Å². The van der Waals surface area contributed by atoms with Crippen LogP contribution in [-0.2, 0) is 4.79 Å². The molecule has 0 rings (SSSR count). The van der Waals surface area contributed by atoms with Crippen molar-refractivity contribution >= 4 is 5.78 Å². The second kappa shape index (κ2) is 31.9. The van der Waals surface area contributed by atoms with E-state index in [1.165, 1.54) is 141 Å². The molecule has 0 aromatic rings. The molecule has 42 heavy (non-hydrogen) atoms. The molecule has 0 saturated heterocycles. The molecule has 4 atom stereocenters. The minimum Gasteiger partial charge on any atom is -0.392 e. The molecule has 0 saturated carbocycles. The Morgan fingerprint density at radius 3 is 1.00 bits per heavy atom. The summed E-state index contributed by atoms with van der Waals surface area (Å²) in [6.45, 7) is 4.52. The van der Waals surface area contributed by atoms with Crippen LogP contribution in [0.3, 0.4) is 0 Å². The maximum atomic E-state index is 12.8. The minimum absolute atomic E-state index is 0.381. The summed E-state index contributed by atoms with van der Waals surface area (Å²) in [6, 6.07) is 0. The first-order valence-corrected chi connectivity index (χ1v) is 18.8. The predicted octanol–water partition coefficient (Wildman–Crippen LogP) is 9.91. The molecule has 0 aromatic carbocycles. The summed E-state index contributed by atoms with van der Waals surface area (Å²) in [5.41, 5.74) is 5.67. The van der Waals surface area contributed by atoms with E-state index in [4.69, 9.17) is 5.73 Å². The van der Waals surface area contributed by atoms with Crippen LogP contribution in [0.5, 0.6) is 0 Å². The summed E-state index contributed by atoms with van der Waals surface area (Å²) in [7, 11) is 0. The number of hydrogen-bond acceptors (Lipinski definition) is 5. The standard InChI is InChI=1S/C37H75NO4/c1-3-5-7-9-11-13-15-17-18-20-22-24-26-28-30-32-34(40)36(41)35(37(38)42)33(39)31-29-27-25-23-21-19-16-14-12-10-8-6-4-2/h33-35,37,39-40,42H,3-32,38H2,1-2H3. The number of hydrogen-bond donors (Lipinski definition) is 4. The molecule has 5 N–H and O–H groups in total. The van der Waals surface area contributed by atoms with Gasteiger partial charge in [-0.05, 0) is 12.8 Å². The molecule has 4 unspecified atom stereocenters. The van der Waals surface area contributed by atoms with Crippen molar-refractivity contribution in [3.05, 3.63) is 0 Å². The Balaban J connectivity index is 3.80. The fraction of sp³-hybridized carbons (Fsp3) is 0.973. The Morgan fingerprint density at radius 1 is 0.452 bits per heavy atom. The Bertz CT molecular complexity index is 556. The van der Waals surface area contributed by atoms with Gasteiger partial charge in [-0.3, -0.25) is 4.79 Å².